The lowest BCUT2D eigenvalue weighted by Gasteiger charge is -2.09. The van der Waals surface area contributed by atoms with Crippen LogP contribution in [0, 0.1) is 11.6 Å². The molecule has 6 heteroatoms. The van der Waals surface area contributed by atoms with Crippen LogP contribution in [0.2, 0.25) is 0 Å². The van der Waals surface area contributed by atoms with Crippen molar-refractivity contribution in [2.45, 2.75) is 32.9 Å². The summed E-state index contributed by atoms with van der Waals surface area (Å²) in [7, 11) is 0. The van der Waals surface area contributed by atoms with Crippen molar-refractivity contribution in [3.05, 3.63) is 47.3 Å². The minimum absolute atomic E-state index is 0.0439. The number of rotatable bonds is 6. The van der Waals surface area contributed by atoms with Gasteiger partial charge in [-0.2, -0.15) is 5.10 Å². The van der Waals surface area contributed by atoms with Gasteiger partial charge in [-0.1, -0.05) is 6.92 Å². The highest BCUT2D eigenvalue weighted by molar-refractivity contribution is 5.75. The van der Waals surface area contributed by atoms with Crippen molar-refractivity contribution in [2.24, 2.45) is 0 Å². The fourth-order valence-electron chi connectivity index (χ4n) is 1.82. The number of benzene rings is 1. The van der Waals surface area contributed by atoms with Crippen LogP contribution in [0.4, 0.5) is 8.78 Å². The normalized spacial score (nSPS) is 12.2. The van der Waals surface area contributed by atoms with E-state index in [9.17, 15) is 13.6 Å². The van der Waals surface area contributed by atoms with E-state index in [1.54, 1.807) is 16.9 Å². The Morgan fingerprint density at radius 1 is 1.38 bits per heavy atom. The van der Waals surface area contributed by atoms with E-state index >= 15 is 0 Å². The average Bonchev–Trinajstić information content (AvgIpc) is 2.94. The molecule has 0 spiro atoms. The van der Waals surface area contributed by atoms with Gasteiger partial charge in [-0.15, -0.1) is 0 Å². The molecule has 2 rings (SSSR count). The molecule has 0 aliphatic rings. The maximum Gasteiger partial charge on any atom is 0.191 e. The van der Waals surface area contributed by atoms with Crippen LogP contribution in [-0.2, 0) is 6.61 Å². The molecule has 1 atom stereocenters. The van der Waals surface area contributed by atoms with Crippen LogP contribution in [0.25, 0.3) is 0 Å². The van der Waals surface area contributed by atoms with E-state index in [2.05, 4.69) is 5.10 Å². The van der Waals surface area contributed by atoms with Gasteiger partial charge in [0.05, 0.1) is 5.69 Å². The standard InChI is InChI=1S/C15H16F2N2O2/c1-3-10(2)19-5-4-12(18-19)9-21-15-13(16)6-11(8-20)7-14(15)17/h4-8,10H,3,9H2,1-2H3. The number of ether oxygens (including phenoxy) is 1. The van der Waals surface area contributed by atoms with Crippen LogP contribution < -0.4 is 4.74 Å². The summed E-state index contributed by atoms with van der Waals surface area (Å²) >= 11 is 0. The summed E-state index contributed by atoms with van der Waals surface area (Å²) < 4.78 is 34.2. The van der Waals surface area contributed by atoms with Gasteiger partial charge in [0.15, 0.2) is 17.4 Å². The van der Waals surface area contributed by atoms with Gasteiger partial charge < -0.3 is 4.74 Å². The third-order valence-electron chi connectivity index (χ3n) is 3.23. The molecule has 0 bridgehead atoms. The lowest BCUT2D eigenvalue weighted by Crippen LogP contribution is -2.06. The van der Waals surface area contributed by atoms with Crippen LogP contribution in [0.5, 0.6) is 5.75 Å². The summed E-state index contributed by atoms with van der Waals surface area (Å²) in [5.41, 5.74) is 0.506. The van der Waals surface area contributed by atoms with Crippen LogP contribution in [0.3, 0.4) is 0 Å². The molecule has 0 saturated heterocycles. The predicted molar refractivity (Wildman–Crippen MR) is 73.3 cm³/mol. The quantitative estimate of drug-likeness (QED) is 0.766. The third-order valence-corrected chi connectivity index (χ3v) is 3.23. The lowest BCUT2D eigenvalue weighted by molar-refractivity contribution is 0.112. The Kier molecular flexibility index (Phi) is 4.67. The second-order valence-corrected chi connectivity index (χ2v) is 4.76. The second-order valence-electron chi connectivity index (χ2n) is 4.76. The number of halogens is 2. The number of carbonyl (C=O) groups is 1. The summed E-state index contributed by atoms with van der Waals surface area (Å²) in [6.07, 6.45) is 3.11. The summed E-state index contributed by atoms with van der Waals surface area (Å²) in [4.78, 5) is 10.5. The van der Waals surface area contributed by atoms with E-state index in [1.165, 1.54) is 0 Å². The van der Waals surface area contributed by atoms with Gasteiger partial charge in [0.2, 0.25) is 0 Å². The molecular weight excluding hydrogens is 278 g/mol. The Morgan fingerprint density at radius 2 is 2.05 bits per heavy atom. The van der Waals surface area contributed by atoms with Crippen molar-refractivity contribution in [1.82, 2.24) is 9.78 Å². The van der Waals surface area contributed by atoms with Crippen molar-refractivity contribution < 1.29 is 18.3 Å². The summed E-state index contributed by atoms with van der Waals surface area (Å²) in [5, 5.41) is 4.28. The predicted octanol–water partition coefficient (Wildman–Crippen LogP) is 3.52. The van der Waals surface area contributed by atoms with Crippen LogP contribution >= 0.6 is 0 Å². The average molecular weight is 294 g/mol. The van der Waals surface area contributed by atoms with Crippen LogP contribution in [0.1, 0.15) is 42.4 Å². The molecule has 1 aromatic carbocycles. The Morgan fingerprint density at radius 3 is 2.62 bits per heavy atom. The largest absolute Gasteiger partial charge is 0.481 e. The van der Waals surface area contributed by atoms with E-state index in [-0.39, 0.29) is 18.2 Å². The lowest BCUT2D eigenvalue weighted by atomic mass is 10.2. The molecule has 112 valence electrons. The molecule has 0 fully saturated rings. The van der Waals surface area contributed by atoms with Gasteiger partial charge in [-0.3, -0.25) is 9.48 Å². The van der Waals surface area contributed by atoms with Gasteiger partial charge in [0.1, 0.15) is 12.9 Å². The molecule has 0 radical (unpaired) electrons. The molecule has 4 nitrogen and oxygen atoms in total. The molecular formula is C15H16F2N2O2. The Balaban J connectivity index is 2.09. The number of hydrogen-bond donors (Lipinski definition) is 0. The minimum Gasteiger partial charge on any atom is -0.481 e. The Bertz CT molecular complexity index is 617. The van der Waals surface area contributed by atoms with E-state index in [1.807, 2.05) is 13.8 Å². The topological polar surface area (TPSA) is 44.1 Å². The molecule has 0 saturated carbocycles. The Labute approximate surface area is 121 Å². The van der Waals surface area contributed by atoms with Crippen molar-refractivity contribution >= 4 is 6.29 Å². The molecule has 1 unspecified atom stereocenters. The smallest absolute Gasteiger partial charge is 0.191 e. The summed E-state index contributed by atoms with van der Waals surface area (Å²) in [6, 6.07) is 3.85. The number of aromatic nitrogens is 2. The highest BCUT2D eigenvalue weighted by atomic mass is 19.1. The molecule has 2 aromatic rings. The van der Waals surface area contributed by atoms with E-state index in [0.29, 0.717) is 12.0 Å². The van der Waals surface area contributed by atoms with Crippen molar-refractivity contribution in [3.8, 4) is 5.75 Å². The molecule has 1 aromatic heterocycles. The molecule has 21 heavy (non-hydrogen) atoms. The first-order valence-electron chi connectivity index (χ1n) is 6.66. The first-order chi connectivity index (χ1) is 10.0. The van der Waals surface area contributed by atoms with Crippen LogP contribution in [-0.4, -0.2) is 16.1 Å². The second kappa shape index (κ2) is 6.47. The van der Waals surface area contributed by atoms with Gasteiger partial charge in [0.25, 0.3) is 0 Å². The van der Waals surface area contributed by atoms with Crippen molar-refractivity contribution in [1.29, 1.82) is 0 Å². The number of carbonyl (C=O) groups excluding carboxylic acids is 1. The number of aldehydes is 1. The summed E-state index contributed by atoms with van der Waals surface area (Å²) in [6.45, 7) is 4.02. The highest BCUT2D eigenvalue weighted by Gasteiger charge is 2.13. The van der Waals surface area contributed by atoms with Gasteiger partial charge >= 0.3 is 0 Å². The van der Waals surface area contributed by atoms with E-state index < -0.39 is 17.4 Å². The summed E-state index contributed by atoms with van der Waals surface area (Å²) in [5.74, 6) is -2.31. The molecule has 0 aliphatic carbocycles. The highest BCUT2D eigenvalue weighted by Crippen LogP contribution is 2.23. The minimum atomic E-state index is -0.904. The van der Waals surface area contributed by atoms with Crippen molar-refractivity contribution in [2.75, 3.05) is 0 Å². The first-order valence-corrected chi connectivity index (χ1v) is 6.66. The maximum absolute atomic E-state index is 13.6. The molecule has 0 N–H and O–H groups in total. The Hall–Kier alpha value is -2.24. The zero-order chi connectivity index (χ0) is 15.4. The number of nitrogens with zero attached hydrogens (tertiary/aromatic N) is 2. The van der Waals surface area contributed by atoms with Gasteiger partial charge in [-0.25, -0.2) is 8.78 Å². The van der Waals surface area contributed by atoms with E-state index in [4.69, 9.17) is 4.74 Å². The van der Waals surface area contributed by atoms with E-state index in [0.717, 1.165) is 18.6 Å². The van der Waals surface area contributed by atoms with Crippen molar-refractivity contribution in [3.63, 3.8) is 0 Å². The molecule has 1 heterocycles. The molecule has 0 amide bonds. The maximum atomic E-state index is 13.6. The van der Waals surface area contributed by atoms with Gasteiger partial charge in [0, 0.05) is 17.8 Å². The fraction of sp³-hybridized carbons (Fsp3) is 0.333. The third kappa shape index (κ3) is 3.45. The zero-order valence-electron chi connectivity index (χ0n) is 11.8. The van der Waals surface area contributed by atoms with Crippen LogP contribution in [0.15, 0.2) is 24.4 Å². The van der Waals surface area contributed by atoms with Gasteiger partial charge in [-0.05, 0) is 31.5 Å². The SMILES string of the molecule is CCC(C)n1ccc(COc2c(F)cc(C=O)cc2F)n1. The number of hydrogen-bond acceptors (Lipinski definition) is 3. The fourth-order valence-corrected chi connectivity index (χ4v) is 1.82. The zero-order valence-corrected chi connectivity index (χ0v) is 11.8. The first kappa shape index (κ1) is 15.2. The molecule has 0 aliphatic heterocycles. The monoisotopic (exact) mass is 294 g/mol.